The predicted molar refractivity (Wildman–Crippen MR) is 83.3 cm³/mol. The fourth-order valence-electron chi connectivity index (χ4n) is 1.99. The van der Waals surface area contributed by atoms with Crippen LogP contribution in [-0.2, 0) is 11.3 Å². The van der Waals surface area contributed by atoms with Crippen LogP contribution in [0.2, 0.25) is 0 Å². The Bertz CT molecular complexity index is 542. The molecule has 4 nitrogen and oxygen atoms in total. The van der Waals surface area contributed by atoms with E-state index >= 15 is 0 Å². The lowest BCUT2D eigenvalue weighted by Crippen LogP contribution is -2.37. The summed E-state index contributed by atoms with van der Waals surface area (Å²) in [4.78, 5) is 5.69. The molecule has 0 saturated heterocycles. The van der Waals surface area contributed by atoms with Crippen LogP contribution in [0.5, 0.6) is 5.75 Å². The number of anilines is 1. The Balaban J connectivity index is 1.99. The zero-order valence-corrected chi connectivity index (χ0v) is 12.4. The molecule has 2 rings (SSSR count). The molecule has 0 aliphatic carbocycles. The fraction of sp³-hybridized carbons (Fsp3) is 0.294. The van der Waals surface area contributed by atoms with Gasteiger partial charge in [-0.15, -0.1) is 0 Å². The van der Waals surface area contributed by atoms with Crippen LogP contribution in [0.25, 0.3) is 0 Å². The molecule has 0 amide bonds. The summed E-state index contributed by atoms with van der Waals surface area (Å²) in [5.41, 5.74) is 4.12. The number of methoxy groups -OCH3 is 1. The molecule has 0 fully saturated rings. The second-order valence-electron chi connectivity index (χ2n) is 5.20. The molecule has 0 bridgehead atoms. The first-order valence-corrected chi connectivity index (χ1v) is 6.88. The van der Waals surface area contributed by atoms with Crippen molar-refractivity contribution in [2.45, 2.75) is 18.9 Å². The first kappa shape index (κ1) is 15.4. The normalized spacial score (nSPS) is 13.5. The van der Waals surface area contributed by atoms with Crippen LogP contribution in [-0.4, -0.2) is 24.4 Å². The highest BCUT2D eigenvalue weighted by molar-refractivity contribution is 5.40. The minimum atomic E-state index is -0.704. The molecule has 4 heteroatoms. The van der Waals surface area contributed by atoms with Gasteiger partial charge in [0.1, 0.15) is 11.4 Å². The molecule has 1 atom stereocenters. The predicted octanol–water partition coefficient (Wildman–Crippen LogP) is 3.03. The number of hydrogen-bond acceptors (Lipinski definition) is 4. The van der Waals surface area contributed by atoms with Crippen molar-refractivity contribution in [2.24, 2.45) is 0 Å². The lowest BCUT2D eigenvalue weighted by Gasteiger charge is -2.27. The fourth-order valence-corrected chi connectivity index (χ4v) is 1.99. The maximum atomic E-state index is 9.64. The quantitative estimate of drug-likeness (QED) is 0.769. The molecule has 0 aliphatic heterocycles. The lowest BCUT2D eigenvalue weighted by atomic mass is 9.97. The number of ether oxygens (including phenoxy) is 1. The van der Waals surface area contributed by atoms with E-state index < -0.39 is 5.60 Å². The van der Waals surface area contributed by atoms with Crippen molar-refractivity contribution in [3.63, 3.8) is 0 Å². The van der Waals surface area contributed by atoms with Gasteiger partial charge >= 0.3 is 0 Å². The summed E-state index contributed by atoms with van der Waals surface area (Å²) in [5, 5.41) is 9.64. The Hall–Kier alpha value is -2.04. The van der Waals surface area contributed by atoms with Crippen molar-refractivity contribution in [2.75, 3.05) is 19.2 Å². The van der Waals surface area contributed by atoms with Crippen molar-refractivity contribution in [3.8, 4) is 5.75 Å². The maximum Gasteiger partial charge on any atom is 0.120 e. The van der Waals surface area contributed by atoms with Gasteiger partial charge in [-0.05, 0) is 36.8 Å². The van der Waals surface area contributed by atoms with Gasteiger partial charge in [-0.1, -0.05) is 30.3 Å². The van der Waals surface area contributed by atoms with E-state index in [1.807, 2.05) is 61.5 Å². The van der Waals surface area contributed by atoms with Gasteiger partial charge in [0.15, 0.2) is 0 Å². The Morgan fingerprint density at radius 3 is 2.29 bits per heavy atom. The van der Waals surface area contributed by atoms with Gasteiger partial charge in [0, 0.05) is 6.42 Å². The van der Waals surface area contributed by atoms with E-state index in [0.29, 0.717) is 6.42 Å². The molecular weight excluding hydrogens is 266 g/mol. The number of aliphatic hydroxyl groups excluding tert-OH is 1. The smallest absolute Gasteiger partial charge is 0.120 e. The number of benzene rings is 2. The van der Waals surface area contributed by atoms with E-state index in [1.54, 1.807) is 7.11 Å². The van der Waals surface area contributed by atoms with E-state index in [9.17, 15) is 5.11 Å². The Kier molecular flexibility index (Phi) is 5.20. The number of aliphatic hydroxyl groups is 1. The molecule has 0 radical (unpaired) electrons. The van der Waals surface area contributed by atoms with Gasteiger partial charge in [0.05, 0.1) is 19.4 Å². The Morgan fingerprint density at radius 1 is 1.05 bits per heavy atom. The second-order valence-corrected chi connectivity index (χ2v) is 5.20. The van der Waals surface area contributed by atoms with Crippen molar-refractivity contribution in [3.05, 3.63) is 60.2 Å². The third-order valence-electron chi connectivity index (χ3n) is 3.26. The molecule has 2 N–H and O–H groups in total. The number of nitrogens with one attached hydrogen (secondary N) is 1. The van der Waals surface area contributed by atoms with Crippen LogP contribution in [0.15, 0.2) is 54.6 Å². The molecular formula is C17H21NO3. The first-order valence-electron chi connectivity index (χ1n) is 6.88. The van der Waals surface area contributed by atoms with Gasteiger partial charge in [-0.25, -0.2) is 0 Å². The van der Waals surface area contributed by atoms with Crippen LogP contribution < -0.4 is 10.2 Å². The Morgan fingerprint density at radius 2 is 1.71 bits per heavy atom. The van der Waals surface area contributed by atoms with Crippen LogP contribution in [0.4, 0.5) is 5.69 Å². The topological polar surface area (TPSA) is 50.7 Å². The number of para-hydroxylation sites is 1. The highest BCUT2D eigenvalue weighted by Crippen LogP contribution is 2.20. The van der Waals surface area contributed by atoms with Crippen molar-refractivity contribution in [1.82, 2.24) is 0 Å². The van der Waals surface area contributed by atoms with E-state index in [0.717, 1.165) is 17.0 Å². The van der Waals surface area contributed by atoms with Gasteiger partial charge in [0.25, 0.3) is 0 Å². The SMILES string of the molecule is COc1ccc(CC(C)(CO)ONc2ccccc2)cc1. The molecule has 0 saturated carbocycles. The minimum absolute atomic E-state index is 0.0845. The van der Waals surface area contributed by atoms with Crippen molar-refractivity contribution < 1.29 is 14.7 Å². The average Bonchev–Trinajstić information content (AvgIpc) is 2.55. The van der Waals surface area contributed by atoms with Gasteiger partial charge < -0.3 is 9.84 Å². The van der Waals surface area contributed by atoms with E-state index in [4.69, 9.17) is 9.57 Å². The highest BCUT2D eigenvalue weighted by atomic mass is 16.7. The summed E-state index contributed by atoms with van der Waals surface area (Å²) in [6, 6.07) is 17.3. The van der Waals surface area contributed by atoms with Gasteiger partial charge in [0.2, 0.25) is 0 Å². The van der Waals surface area contributed by atoms with Crippen LogP contribution in [0.1, 0.15) is 12.5 Å². The Labute approximate surface area is 125 Å². The van der Waals surface area contributed by atoms with Crippen molar-refractivity contribution in [1.29, 1.82) is 0 Å². The van der Waals surface area contributed by atoms with Gasteiger partial charge in [-0.3, -0.25) is 10.3 Å². The van der Waals surface area contributed by atoms with Crippen LogP contribution in [0.3, 0.4) is 0 Å². The third kappa shape index (κ3) is 4.48. The molecule has 0 aliphatic rings. The summed E-state index contributed by atoms with van der Waals surface area (Å²) in [5.74, 6) is 0.813. The highest BCUT2D eigenvalue weighted by Gasteiger charge is 2.25. The molecule has 0 heterocycles. The third-order valence-corrected chi connectivity index (χ3v) is 3.26. The zero-order chi connectivity index (χ0) is 15.1. The molecule has 0 aromatic heterocycles. The molecule has 1 unspecified atom stereocenters. The van der Waals surface area contributed by atoms with E-state index in [2.05, 4.69) is 5.48 Å². The van der Waals surface area contributed by atoms with Crippen LogP contribution in [0, 0.1) is 0 Å². The van der Waals surface area contributed by atoms with E-state index in [1.165, 1.54) is 0 Å². The largest absolute Gasteiger partial charge is 0.497 e. The van der Waals surface area contributed by atoms with Crippen molar-refractivity contribution >= 4 is 5.69 Å². The lowest BCUT2D eigenvalue weighted by molar-refractivity contribution is -0.0380. The minimum Gasteiger partial charge on any atom is -0.497 e. The summed E-state index contributed by atoms with van der Waals surface area (Å²) in [7, 11) is 1.64. The van der Waals surface area contributed by atoms with E-state index in [-0.39, 0.29) is 6.61 Å². The number of rotatable bonds is 7. The standard InChI is InChI=1S/C17H21NO3/c1-17(13-19,21-18-15-6-4-3-5-7-15)12-14-8-10-16(20-2)11-9-14/h3-11,18-19H,12-13H2,1-2H3. The molecule has 112 valence electrons. The molecule has 0 spiro atoms. The first-order chi connectivity index (χ1) is 10.1. The average molecular weight is 287 g/mol. The molecule has 2 aromatic rings. The summed E-state index contributed by atoms with van der Waals surface area (Å²) in [6.45, 7) is 1.78. The maximum absolute atomic E-state index is 9.64. The summed E-state index contributed by atoms with van der Waals surface area (Å²) >= 11 is 0. The molecule has 21 heavy (non-hydrogen) atoms. The summed E-state index contributed by atoms with van der Waals surface area (Å²) < 4.78 is 5.14. The zero-order valence-electron chi connectivity index (χ0n) is 12.4. The monoisotopic (exact) mass is 287 g/mol. The summed E-state index contributed by atoms with van der Waals surface area (Å²) in [6.07, 6.45) is 0.591. The molecule has 2 aromatic carbocycles. The van der Waals surface area contributed by atoms with Crippen LogP contribution >= 0.6 is 0 Å². The second kappa shape index (κ2) is 7.11. The number of hydrogen-bond donors (Lipinski definition) is 2. The van der Waals surface area contributed by atoms with Gasteiger partial charge in [-0.2, -0.15) is 0 Å².